The lowest BCUT2D eigenvalue weighted by molar-refractivity contribution is -0.137. The maximum absolute atomic E-state index is 13.2. The lowest BCUT2D eigenvalue weighted by atomic mass is 10.1. The van der Waals surface area contributed by atoms with Crippen LogP contribution in [0.15, 0.2) is 148 Å². The largest absolute Gasteiger partial charge is 0.416 e. The molecule has 10 aromatic rings. The van der Waals surface area contributed by atoms with Gasteiger partial charge >= 0.3 is 6.18 Å². The van der Waals surface area contributed by atoms with Crippen LogP contribution < -0.4 is 44.5 Å². The second-order valence-corrected chi connectivity index (χ2v) is 18.5. The van der Waals surface area contributed by atoms with Crippen molar-refractivity contribution in [1.82, 2.24) is 18.3 Å². The SMILES string of the molecule is Cc1cc(C)cc(Cn2c(=O)c3cc4c(=O)n(Cc5cc(C)cc(C(F)(F)F)c5)c(=O)c4cc3c2=O)c1.Cc1ccc(CCn2c(=O)c3cc4c(=O)n(CCc5ccc(C)cc5)c(=O)c4cc3c2=O)cc1. The Hall–Kier alpha value is -8.33. The van der Waals surface area contributed by atoms with Crippen molar-refractivity contribution in [2.75, 3.05) is 0 Å². The molecule has 4 aromatic heterocycles. The summed E-state index contributed by atoms with van der Waals surface area (Å²) in [6.07, 6.45) is -3.50. The molecule has 0 unspecified atom stereocenters. The van der Waals surface area contributed by atoms with Crippen molar-refractivity contribution in [2.24, 2.45) is 0 Å². The van der Waals surface area contributed by atoms with Crippen molar-refractivity contribution in [3.8, 4) is 0 Å². The van der Waals surface area contributed by atoms with Crippen LogP contribution in [0.1, 0.15) is 55.6 Å². The van der Waals surface area contributed by atoms with E-state index in [-0.39, 0.29) is 74.8 Å². The van der Waals surface area contributed by atoms with E-state index in [0.717, 1.165) is 60.2 Å². The lowest BCUT2D eigenvalue weighted by Gasteiger charge is -2.10. The van der Waals surface area contributed by atoms with E-state index in [2.05, 4.69) is 0 Å². The molecule has 0 bridgehead atoms. The maximum Gasteiger partial charge on any atom is 0.416 e. The van der Waals surface area contributed by atoms with Crippen molar-refractivity contribution in [1.29, 1.82) is 0 Å². The van der Waals surface area contributed by atoms with Crippen LogP contribution in [0, 0.1) is 34.6 Å². The van der Waals surface area contributed by atoms with Gasteiger partial charge in [0.25, 0.3) is 44.5 Å². The van der Waals surface area contributed by atoms with Crippen LogP contribution in [0.5, 0.6) is 0 Å². The van der Waals surface area contributed by atoms with Gasteiger partial charge in [-0.25, -0.2) is 0 Å². The van der Waals surface area contributed by atoms with Crippen molar-refractivity contribution in [3.63, 3.8) is 0 Å². The molecule has 0 radical (unpaired) electrons. The Morgan fingerprint density at radius 1 is 0.324 bits per heavy atom. The van der Waals surface area contributed by atoms with Gasteiger partial charge in [-0.3, -0.25) is 56.6 Å². The standard InChI is InChI=1S/C28H21F3N2O4.C28H24N2O4/c1-14-4-15(2)6-17(5-14)12-32-24(34)20-10-22-23(11-21(20)25(32)35)27(37)33(26(22)36)13-18-7-16(3)8-19(9-18)28(29,30)31;1-17-3-7-19(8-4-17)11-13-29-25(31)21-15-23-24(16-22(21)26(29)32)28(34)30(27(23)33)14-12-20-9-5-18(2)6-10-20/h4-11H,12-13H2,1-3H3;3-10,15-16H,11-14H2,1-2H3. The first kappa shape index (κ1) is 47.7. The van der Waals surface area contributed by atoms with Gasteiger partial charge in [0.1, 0.15) is 0 Å². The van der Waals surface area contributed by atoms with E-state index in [1.807, 2.05) is 94.4 Å². The average molecular weight is 959 g/mol. The third-order valence-electron chi connectivity index (χ3n) is 13.0. The van der Waals surface area contributed by atoms with E-state index in [0.29, 0.717) is 18.4 Å². The molecule has 0 aliphatic carbocycles. The fourth-order valence-corrected chi connectivity index (χ4v) is 9.47. The van der Waals surface area contributed by atoms with Gasteiger partial charge in [0.05, 0.1) is 61.7 Å². The van der Waals surface area contributed by atoms with E-state index in [4.69, 9.17) is 0 Å². The second kappa shape index (κ2) is 18.2. The molecular formula is C56H45F3N4O8. The lowest BCUT2D eigenvalue weighted by Crippen LogP contribution is -2.27. The number of fused-ring (bicyclic) bond motifs is 4. The summed E-state index contributed by atoms with van der Waals surface area (Å²) in [5.74, 6) is 0. The van der Waals surface area contributed by atoms with Crippen molar-refractivity contribution >= 4 is 43.1 Å². The topological polar surface area (TPSA) is 156 Å². The molecule has 6 aromatic carbocycles. The molecule has 0 N–H and O–H groups in total. The summed E-state index contributed by atoms with van der Waals surface area (Å²) in [7, 11) is 0. The predicted octanol–water partition coefficient (Wildman–Crippen LogP) is 6.97. The van der Waals surface area contributed by atoms with Crippen molar-refractivity contribution < 1.29 is 13.2 Å². The van der Waals surface area contributed by atoms with Gasteiger partial charge < -0.3 is 0 Å². The monoisotopic (exact) mass is 958 g/mol. The van der Waals surface area contributed by atoms with E-state index < -0.39 is 56.2 Å². The van der Waals surface area contributed by atoms with Crippen LogP contribution >= 0.6 is 0 Å². The van der Waals surface area contributed by atoms with Crippen LogP contribution in [-0.4, -0.2) is 18.3 Å². The van der Waals surface area contributed by atoms with Crippen molar-refractivity contribution in [2.45, 2.75) is 79.8 Å². The fraction of sp³-hybridized carbons (Fsp3) is 0.214. The minimum absolute atomic E-state index is 0.0195. The molecule has 0 amide bonds. The Bertz CT molecular complexity index is 3910. The molecule has 358 valence electrons. The van der Waals surface area contributed by atoms with Gasteiger partial charge in [-0.15, -0.1) is 0 Å². The van der Waals surface area contributed by atoms with E-state index >= 15 is 0 Å². The fourth-order valence-electron chi connectivity index (χ4n) is 9.47. The minimum atomic E-state index is -4.58. The molecule has 0 aliphatic heterocycles. The van der Waals surface area contributed by atoms with Crippen molar-refractivity contribution in [3.05, 3.63) is 248 Å². The zero-order valence-electron chi connectivity index (χ0n) is 39.3. The number of aromatic nitrogens is 4. The summed E-state index contributed by atoms with van der Waals surface area (Å²) in [5.41, 5.74) is 2.37. The van der Waals surface area contributed by atoms with Gasteiger partial charge in [0, 0.05) is 13.1 Å². The molecule has 0 saturated heterocycles. The quantitative estimate of drug-likeness (QED) is 0.142. The molecule has 15 heteroatoms. The summed E-state index contributed by atoms with van der Waals surface area (Å²) in [6, 6.07) is 30.3. The maximum atomic E-state index is 13.2. The van der Waals surface area contributed by atoms with Crippen LogP contribution in [0.2, 0.25) is 0 Å². The zero-order chi connectivity index (χ0) is 50.8. The summed E-state index contributed by atoms with van der Waals surface area (Å²) in [5, 5.41) is 0.688. The second-order valence-electron chi connectivity index (χ2n) is 18.5. The Morgan fingerprint density at radius 2 is 0.606 bits per heavy atom. The Labute approximate surface area is 400 Å². The number of benzene rings is 6. The summed E-state index contributed by atoms with van der Waals surface area (Å²) in [6.45, 7) is 9.46. The highest BCUT2D eigenvalue weighted by Gasteiger charge is 2.31. The number of hydrogen-bond donors (Lipinski definition) is 0. The van der Waals surface area contributed by atoms with Crippen LogP contribution in [0.3, 0.4) is 0 Å². The number of rotatable bonds is 10. The van der Waals surface area contributed by atoms with Gasteiger partial charge in [-0.2, -0.15) is 13.2 Å². The highest BCUT2D eigenvalue weighted by molar-refractivity contribution is 5.99. The van der Waals surface area contributed by atoms with E-state index in [1.165, 1.54) is 46.4 Å². The Morgan fingerprint density at radius 3 is 0.915 bits per heavy atom. The molecule has 0 spiro atoms. The molecule has 10 rings (SSSR count). The third-order valence-corrected chi connectivity index (χ3v) is 13.0. The number of alkyl halides is 3. The third kappa shape index (κ3) is 9.06. The summed E-state index contributed by atoms with van der Waals surface area (Å²) in [4.78, 5) is 104. The van der Waals surface area contributed by atoms with Crippen LogP contribution in [0.25, 0.3) is 43.1 Å². The minimum Gasteiger partial charge on any atom is -0.274 e. The van der Waals surface area contributed by atoms with Crippen LogP contribution in [0.4, 0.5) is 13.2 Å². The molecular weight excluding hydrogens is 914 g/mol. The predicted molar refractivity (Wildman–Crippen MR) is 270 cm³/mol. The van der Waals surface area contributed by atoms with Gasteiger partial charge in [0.15, 0.2) is 0 Å². The summed E-state index contributed by atoms with van der Waals surface area (Å²) < 4.78 is 44.0. The number of aryl methyl sites for hydroxylation is 7. The first-order chi connectivity index (χ1) is 33.7. The average Bonchev–Trinajstić information content (AvgIpc) is 3.89. The van der Waals surface area contributed by atoms with E-state index in [1.54, 1.807) is 0 Å². The number of nitrogens with zero attached hydrogens (tertiary/aromatic N) is 4. The zero-order valence-corrected chi connectivity index (χ0v) is 39.3. The number of hydrogen-bond acceptors (Lipinski definition) is 8. The first-order valence-electron chi connectivity index (χ1n) is 22.8. The van der Waals surface area contributed by atoms with E-state index in [9.17, 15) is 51.5 Å². The molecule has 4 heterocycles. The molecule has 0 fully saturated rings. The molecule has 71 heavy (non-hydrogen) atoms. The highest BCUT2D eigenvalue weighted by atomic mass is 19.4. The number of halogens is 3. The highest BCUT2D eigenvalue weighted by Crippen LogP contribution is 2.31. The van der Waals surface area contributed by atoms with Gasteiger partial charge in [-0.05, 0) is 106 Å². The smallest absolute Gasteiger partial charge is 0.274 e. The molecule has 0 saturated carbocycles. The Balaban J connectivity index is 0.000000176. The Kier molecular flexibility index (Phi) is 12.2. The molecule has 0 aliphatic rings. The van der Waals surface area contributed by atoms with Gasteiger partial charge in [0.2, 0.25) is 0 Å². The normalized spacial score (nSPS) is 11.9. The first-order valence-corrected chi connectivity index (χ1v) is 22.8. The van der Waals surface area contributed by atoms with Crippen LogP contribution in [-0.2, 0) is 45.2 Å². The molecule has 0 atom stereocenters. The van der Waals surface area contributed by atoms with Gasteiger partial charge in [-0.1, -0.05) is 101 Å². The molecule has 12 nitrogen and oxygen atoms in total. The summed E-state index contributed by atoms with van der Waals surface area (Å²) >= 11 is 0.